The third-order valence-electron chi connectivity index (χ3n) is 3.16. The SMILES string of the molecule is CCc1sc(C=O)nc1C1CCCCC1. The smallest absolute Gasteiger partial charge is 0.178 e. The Morgan fingerprint density at radius 2 is 2.13 bits per heavy atom. The minimum absolute atomic E-state index is 0.624. The molecule has 1 heterocycles. The fourth-order valence-electron chi connectivity index (χ4n) is 2.38. The molecule has 0 unspecified atom stereocenters. The van der Waals surface area contributed by atoms with E-state index in [1.165, 1.54) is 42.7 Å². The van der Waals surface area contributed by atoms with E-state index in [0.29, 0.717) is 10.9 Å². The van der Waals surface area contributed by atoms with Crippen molar-refractivity contribution < 1.29 is 4.79 Å². The number of thiazole rings is 1. The molecule has 3 heteroatoms. The number of aldehydes is 1. The molecule has 0 bridgehead atoms. The Morgan fingerprint density at radius 1 is 1.40 bits per heavy atom. The highest BCUT2D eigenvalue weighted by Gasteiger charge is 2.21. The highest BCUT2D eigenvalue weighted by molar-refractivity contribution is 7.13. The normalized spacial score (nSPS) is 17.9. The fraction of sp³-hybridized carbons (Fsp3) is 0.667. The molecule has 0 aromatic carbocycles. The van der Waals surface area contributed by atoms with Crippen LogP contribution in [-0.2, 0) is 6.42 Å². The van der Waals surface area contributed by atoms with Crippen molar-refractivity contribution in [1.29, 1.82) is 0 Å². The standard InChI is InChI=1S/C12H17NOS/c1-2-10-12(13-11(8-14)15-10)9-6-4-3-5-7-9/h8-9H,2-7H2,1H3. The van der Waals surface area contributed by atoms with Crippen molar-refractivity contribution in [1.82, 2.24) is 4.98 Å². The first-order chi connectivity index (χ1) is 7.35. The largest absolute Gasteiger partial charge is 0.295 e. The quantitative estimate of drug-likeness (QED) is 0.733. The molecular weight excluding hydrogens is 206 g/mol. The predicted octanol–water partition coefficient (Wildman–Crippen LogP) is 3.57. The van der Waals surface area contributed by atoms with Crippen LogP contribution < -0.4 is 0 Å². The van der Waals surface area contributed by atoms with E-state index >= 15 is 0 Å². The van der Waals surface area contributed by atoms with Crippen LogP contribution in [0.2, 0.25) is 0 Å². The molecule has 0 amide bonds. The first kappa shape index (κ1) is 10.8. The summed E-state index contributed by atoms with van der Waals surface area (Å²) in [6.07, 6.45) is 8.42. The highest BCUT2D eigenvalue weighted by atomic mass is 32.1. The van der Waals surface area contributed by atoms with Crippen LogP contribution in [0, 0.1) is 0 Å². The Morgan fingerprint density at radius 3 is 2.73 bits per heavy atom. The second-order valence-corrected chi connectivity index (χ2v) is 5.28. The van der Waals surface area contributed by atoms with E-state index in [0.717, 1.165) is 12.7 Å². The molecule has 0 aliphatic heterocycles. The first-order valence-electron chi connectivity index (χ1n) is 5.80. The van der Waals surface area contributed by atoms with Gasteiger partial charge in [-0.2, -0.15) is 0 Å². The van der Waals surface area contributed by atoms with Crippen LogP contribution in [0.25, 0.3) is 0 Å². The van der Waals surface area contributed by atoms with Gasteiger partial charge in [-0.25, -0.2) is 4.98 Å². The predicted molar refractivity (Wildman–Crippen MR) is 62.7 cm³/mol. The van der Waals surface area contributed by atoms with E-state index in [4.69, 9.17) is 0 Å². The van der Waals surface area contributed by atoms with Gasteiger partial charge >= 0.3 is 0 Å². The van der Waals surface area contributed by atoms with Gasteiger partial charge in [0.2, 0.25) is 0 Å². The van der Waals surface area contributed by atoms with E-state index in [-0.39, 0.29) is 0 Å². The maximum atomic E-state index is 10.7. The van der Waals surface area contributed by atoms with Crippen LogP contribution in [-0.4, -0.2) is 11.3 Å². The zero-order chi connectivity index (χ0) is 10.7. The van der Waals surface area contributed by atoms with Crippen molar-refractivity contribution in [2.24, 2.45) is 0 Å². The molecule has 0 N–H and O–H groups in total. The second kappa shape index (κ2) is 4.88. The Balaban J connectivity index is 2.24. The van der Waals surface area contributed by atoms with Gasteiger partial charge in [0, 0.05) is 10.8 Å². The first-order valence-corrected chi connectivity index (χ1v) is 6.61. The molecule has 0 spiro atoms. The minimum atomic E-state index is 0.624. The average molecular weight is 223 g/mol. The summed E-state index contributed by atoms with van der Waals surface area (Å²) in [4.78, 5) is 16.5. The molecule has 1 fully saturated rings. The number of rotatable bonds is 3. The molecule has 0 radical (unpaired) electrons. The van der Waals surface area contributed by atoms with E-state index in [2.05, 4.69) is 11.9 Å². The summed E-state index contributed by atoms with van der Waals surface area (Å²) in [5, 5.41) is 0.660. The molecule has 1 aromatic heterocycles. The molecule has 0 atom stereocenters. The molecule has 1 saturated carbocycles. The Labute approximate surface area is 94.7 Å². The van der Waals surface area contributed by atoms with Crippen molar-refractivity contribution in [2.75, 3.05) is 0 Å². The number of aromatic nitrogens is 1. The van der Waals surface area contributed by atoms with Gasteiger partial charge in [-0.05, 0) is 19.3 Å². The summed E-state index contributed by atoms with van der Waals surface area (Å²) >= 11 is 1.57. The Hall–Kier alpha value is -0.700. The van der Waals surface area contributed by atoms with Crippen molar-refractivity contribution >= 4 is 17.6 Å². The molecule has 82 valence electrons. The Kier molecular flexibility index (Phi) is 3.52. The third kappa shape index (κ3) is 2.28. The van der Waals surface area contributed by atoms with Gasteiger partial charge in [0.25, 0.3) is 0 Å². The lowest BCUT2D eigenvalue weighted by Gasteiger charge is -2.20. The molecule has 2 rings (SSSR count). The van der Waals surface area contributed by atoms with Crippen molar-refractivity contribution in [3.05, 3.63) is 15.6 Å². The van der Waals surface area contributed by atoms with Crippen molar-refractivity contribution in [2.45, 2.75) is 51.4 Å². The van der Waals surface area contributed by atoms with Gasteiger partial charge in [0.05, 0.1) is 5.69 Å². The van der Waals surface area contributed by atoms with Gasteiger partial charge in [-0.15, -0.1) is 11.3 Å². The van der Waals surface area contributed by atoms with Gasteiger partial charge in [0.15, 0.2) is 11.3 Å². The van der Waals surface area contributed by atoms with Crippen molar-refractivity contribution in [3.63, 3.8) is 0 Å². The molecule has 0 saturated heterocycles. The maximum absolute atomic E-state index is 10.7. The second-order valence-electron chi connectivity index (χ2n) is 4.17. The molecule has 1 aromatic rings. The lowest BCUT2D eigenvalue weighted by molar-refractivity contribution is 0.112. The van der Waals surface area contributed by atoms with Gasteiger partial charge in [0.1, 0.15) is 0 Å². The summed E-state index contributed by atoms with van der Waals surface area (Å²) in [5.41, 5.74) is 1.23. The van der Waals surface area contributed by atoms with E-state index < -0.39 is 0 Å². The van der Waals surface area contributed by atoms with Crippen molar-refractivity contribution in [3.8, 4) is 0 Å². The summed E-state index contributed by atoms with van der Waals surface area (Å²) < 4.78 is 0. The van der Waals surface area contributed by atoms with Gasteiger partial charge in [-0.1, -0.05) is 26.2 Å². The maximum Gasteiger partial charge on any atom is 0.178 e. The van der Waals surface area contributed by atoms with Crippen LogP contribution in [0.4, 0.5) is 0 Å². The van der Waals surface area contributed by atoms with Crippen LogP contribution in [0.3, 0.4) is 0 Å². The Bertz CT molecular complexity index is 339. The van der Waals surface area contributed by atoms with Crippen LogP contribution in [0.1, 0.15) is 65.3 Å². The van der Waals surface area contributed by atoms with E-state index in [1.54, 1.807) is 11.3 Å². The van der Waals surface area contributed by atoms with Crippen LogP contribution >= 0.6 is 11.3 Å². The number of hydrogen-bond acceptors (Lipinski definition) is 3. The summed E-state index contributed by atoms with van der Waals surface area (Å²) in [6, 6.07) is 0. The molecule has 2 nitrogen and oxygen atoms in total. The lowest BCUT2D eigenvalue weighted by atomic mass is 9.86. The van der Waals surface area contributed by atoms with E-state index in [9.17, 15) is 4.79 Å². The number of carbonyl (C=O) groups is 1. The van der Waals surface area contributed by atoms with Gasteiger partial charge < -0.3 is 0 Å². The number of aryl methyl sites for hydroxylation is 1. The average Bonchev–Trinajstić information content (AvgIpc) is 2.73. The third-order valence-corrected chi connectivity index (χ3v) is 4.30. The molecule has 1 aliphatic carbocycles. The fourth-order valence-corrected chi connectivity index (χ4v) is 3.29. The number of carbonyl (C=O) groups excluding carboxylic acids is 1. The summed E-state index contributed by atoms with van der Waals surface area (Å²) in [6.45, 7) is 2.15. The summed E-state index contributed by atoms with van der Waals surface area (Å²) in [7, 11) is 0. The zero-order valence-corrected chi connectivity index (χ0v) is 9.98. The number of hydrogen-bond donors (Lipinski definition) is 0. The molecule has 1 aliphatic rings. The minimum Gasteiger partial charge on any atom is -0.295 e. The van der Waals surface area contributed by atoms with Crippen LogP contribution in [0.15, 0.2) is 0 Å². The van der Waals surface area contributed by atoms with E-state index in [1.807, 2.05) is 0 Å². The zero-order valence-electron chi connectivity index (χ0n) is 9.16. The molecule has 15 heavy (non-hydrogen) atoms. The topological polar surface area (TPSA) is 30.0 Å². The monoisotopic (exact) mass is 223 g/mol. The van der Waals surface area contributed by atoms with Gasteiger partial charge in [-0.3, -0.25) is 4.79 Å². The summed E-state index contributed by atoms with van der Waals surface area (Å²) in [5.74, 6) is 0.624. The highest BCUT2D eigenvalue weighted by Crippen LogP contribution is 2.35. The van der Waals surface area contributed by atoms with Crippen LogP contribution in [0.5, 0.6) is 0 Å². The number of nitrogens with zero attached hydrogens (tertiary/aromatic N) is 1. The molecular formula is C12H17NOS. The lowest BCUT2D eigenvalue weighted by Crippen LogP contribution is -2.06.